The minimum Gasteiger partial charge on any atom is -0.336 e. The summed E-state index contributed by atoms with van der Waals surface area (Å²) in [6.45, 7) is 7.12. The van der Waals surface area contributed by atoms with Gasteiger partial charge in [0.2, 0.25) is 0 Å². The highest BCUT2D eigenvalue weighted by atomic mass is 16.2. The van der Waals surface area contributed by atoms with Crippen molar-refractivity contribution >= 4 is 11.7 Å². The standard InChI is InChI=1S/C23H25N3O2/c1-17(2)19-6-8-20(9-7-19)22(27)16-25-10-12-26(13-11-25)23(28)21-5-3-4-18(14-21)15-24/h3-9,14,17H,10-13,16H2,1-2H3. The first kappa shape index (κ1) is 19.8. The molecule has 5 heteroatoms. The van der Waals surface area contributed by atoms with Gasteiger partial charge in [0.25, 0.3) is 5.91 Å². The van der Waals surface area contributed by atoms with Gasteiger partial charge in [-0.25, -0.2) is 0 Å². The number of amides is 1. The van der Waals surface area contributed by atoms with Crippen molar-refractivity contribution < 1.29 is 9.59 Å². The van der Waals surface area contributed by atoms with Gasteiger partial charge in [-0.05, 0) is 29.7 Å². The molecule has 0 spiro atoms. The van der Waals surface area contributed by atoms with Crippen molar-refractivity contribution in [1.29, 1.82) is 5.26 Å². The number of Topliss-reactive ketones (excluding diaryl/α,β-unsaturated/α-hetero) is 1. The maximum absolute atomic E-state index is 12.6. The lowest BCUT2D eigenvalue weighted by Gasteiger charge is -2.34. The molecule has 5 nitrogen and oxygen atoms in total. The second-order valence-corrected chi connectivity index (χ2v) is 7.46. The highest BCUT2D eigenvalue weighted by molar-refractivity contribution is 5.97. The molecule has 3 rings (SSSR count). The molecule has 0 bridgehead atoms. The van der Waals surface area contributed by atoms with Gasteiger partial charge >= 0.3 is 0 Å². The molecular formula is C23H25N3O2. The van der Waals surface area contributed by atoms with Crippen molar-refractivity contribution in [2.75, 3.05) is 32.7 Å². The van der Waals surface area contributed by atoms with Crippen LogP contribution in [0.5, 0.6) is 0 Å². The van der Waals surface area contributed by atoms with E-state index in [9.17, 15) is 9.59 Å². The zero-order valence-corrected chi connectivity index (χ0v) is 16.4. The van der Waals surface area contributed by atoms with Gasteiger partial charge in [0.15, 0.2) is 5.78 Å². The Labute approximate surface area is 166 Å². The quantitative estimate of drug-likeness (QED) is 0.752. The maximum Gasteiger partial charge on any atom is 0.253 e. The largest absolute Gasteiger partial charge is 0.336 e. The number of piperazine rings is 1. The number of carbonyl (C=O) groups excluding carboxylic acids is 2. The SMILES string of the molecule is CC(C)c1ccc(C(=O)CN2CCN(C(=O)c3cccc(C#N)c3)CC2)cc1. The first-order valence-electron chi connectivity index (χ1n) is 9.63. The van der Waals surface area contributed by atoms with Crippen molar-refractivity contribution in [2.45, 2.75) is 19.8 Å². The molecule has 2 aromatic rings. The Morgan fingerprint density at radius 1 is 1.00 bits per heavy atom. The number of hydrogen-bond donors (Lipinski definition) is 0. The van der Waals surface area contributed by atoms with Crippen molar-refractivity contribution in [3.8, 4) is 6.07 Å². The molecule has 1 heterocycles. The predicted molar refractivity (Wildman–Crippen MR) is 108 cm³/mol. The predicted octanol–water partition coefficient (Wildman–Crippen LogP) is 3.32. The van der Waals surface area contributed by atoms with E-state index in [2.05, 4.69) is 24.8 Å². The minimum atomic E-state index is -0.0626. The van der Waals surface area contributed by atoms with Crippen LogP contribution in [0.1, 0.15) is 51.6 Å². The van der Waals surface area contributed by atoms with Crippen LogP contribution in [0, 0.1) is 11.3 Å². The fourth-order valence-electron chi connectivity index (χ4n) is 3.36. The third-order valence-electron chi connectivity index (χ3n) is 5.16. The summed E-state index contributed by atoms with van der Waals surface area (Å²) in [4.78, 5) is 29.1. The normalized spacial score (nSPS) is 14.7. The summed E-state index contributed by atoms with van der Waals surface area (Å²) in [5, 5.41) is 9.00. The number of rotatable bonds is 5. The van der Waals surface area contributed by atoms with Crippen LogP contribution >= 0.6 is 0 Å². The summed E-state index contributed by atoms with van der Waals surface area (Å²) in [7, 11) is 0. The number of carbonyl (C=O) groups is 2. The van der Waals surface area contributed by atoms with E-state index in [0.29, 0.717) is 49.8 Å². The first-order valence-corrected chi connectivity index (χ1v) is 9.63. The van der Waals surface area contributed by atoms with E-state index in [1.54, 1.807) is 29.2 Å². The third kappa shape index (κ3) is 4.65. The molecule has 2 aromatic carbocycles. The van der Waals surface area contributed by atoms with Gasteiger partial charge < -0.3 is 4.90 Å². The maximum atomic E-state index is 12.6. The van der Waals surface area contributed by atoms with E-state index in [4.69, 9.17) is 5.26 Å². The second kappa shape index (κ2) is 8.81. The lowest BCUT2D eigenvalue weighted by molar-refractivity contribution is 0.0624. The Morgan fingerprint density at radius 3 is 2.29 bits per heavy atom. The van der Waals surface area contributed by atoms with Crippen molar-refractivity contribution in [3.63, 3.8) is 0 Å². The van der Waals surface area contributed by atoms with Crippen LogP contribution in [0.3, 0.4) is 0 Å². The van der Waals surface area contributed by atoms with Crippen molar-refractivity contribution in [3.05, 3.63) is 70.8 Å². The number of nitrogens with zero attached hydrogens (tertiary/aromatic N) is 3. The zero-order valence-electron chi connectivity index (χ0n) is 16.4. The molecular weight excluding hydrogens is 350 g/mol. The fraction of sp³-hybridized carbons (Fsp3) is 0.348. The molecule has 0 aliphatic carbocycles. The molecule has 1 aliphatic heterocycles. The van der Waals surface area contributed by atoms with Gasteiger partial charge in [-0.1, -0.05) is 44.2 Å². The van der Waals surface area contributed by atoms with Crippen LogP contribution in [0.15, 0.2) is 48.5 Å². The average molecular weight is 375 g/mol. The Kier molecular flexibility index (Phi) is 6.23. The summed E-state index contributed by atoms with van der Waals surface area (Å²) < 4.78 is 0. The lowest BCUT2D eigenvalue weighted by atomic mass is 10.0. The van der Waals surface area contributed by atoms with Crippen molar-refractivity contribution in [2.24, 2.45) is 0 Å². The minimum absolute atomic E-state index is 0.0626. The van der Waals surface area contributed by atoms with Gasteiger partial charge in [0, 0.05) is 37.3 Å². The Hall–Kier alpha value is -2.97. The van der Waals surface area contributed by atoms with E-state index >= 15 is 0 Å². The van der Waals surface area contributed by atoms with E-state index in [0.717, 1.165) is 5.56 Å². The smallest absolute Gasteiger partial charge is 0.253 e. The van der Waals surface area contributed by atoms with E-state index < -0.39 is 0 Å². The first-order chi connectivity index (χ1) is 13.5. The molecule has 0 saturated carbocycles. The summed E-state index contributed by atoms with van der Waals surface area (Å²) in [5.74, 6) is 0.493. The number of hydrogen-bond acceptors (Lipinski definition) is 4. The summed E-state index contributed by atoms with van der Waals surface area (Å²) in [6.07, 6.45) is 0. The Morgan fingerprint density at radius 2 is 1.68 bits per heavy atom. The van der Waals surface area contributed by atoms with Gasteiger partial charge in [-0.2, -0.15) is 5.26 Å². The molecule has 0 atom stereocenters. The molecule has 1 fully saturated rings. The molecule has 1 saturated heterocycles. The lowest BCUT2D eigenvalue weighted by Crippen LogP contribution is -2.49. The van der Waals surface area contributed by atoms with E-state index in [1.807, 2.05) is 24.3 Å². The summed E-state index contributed by atoms with van der Waals surface area (Å²) in [6, 6.07) is 16.7. The fourth-order valence-corrected chi connectivity index (χ4v) is 3.36. The molecule has 28 heavy (non-hydrogen) atoms. The summed E-state index contributed by atoms with van der Waals surface area (Å²) in [5.41, 5.74) is 2.98. The number of benzene rings is 2. The number of nitriles is 1. The topological polar surface area (TPSA) is 64.4 Å². The van der Waals surface area contributed by atoms with E-state index in [-0.39, 0.29) is 11.7 Å². The second-order valence-electron chi connectivity index (χ2n) is 7.46. The monoisotopic (exact) mass is 375 g/mol. The Bertz CT molecular complexity index is 889. The van der Waals surface area contributed by atoms with E-state index in [1.165, 1.54) is 5.56 Å². The molecule has 144 valence electrons. The van der Waals surface area contributed by atoms with Gasteiger partial charge in [-0.15, -0.1) is 0 Å². The Balaban J connectivity index is 1.54. The highest BCUT2D eigenvalue weighted by Crippen LogP contribution is 2.16. The van der Waals surface area contributed by atoms with Gasteiger partial charge in [0.05, 0.1) is 18.2 Å². The zero-order chi connectivity index (χ0) is 20.1. The van der Waals surface area contributed by atoms with Crippen LogP contribution in [0.2, 0.25) is 0 Å². The molecule has 1 amide bonds. The number of ketones is 1. The summed E-state index contributed by atoms with van der Waals surface area (Å²) >= 11 is 0. The van der Waals surface area contributed by atoms with Gasteiger partial charge in [0.1, 0.15) is 0 Å². The van der Waals surface area contributed by atoms with Crippen LogP contribution in [0.4, 0.5) is 0 Å². The average Bonchev–Trinajstić information content (AvgIpc) is 2.73. The van der Waals surface area contributed by atoms with Crippen LogP contribution in [0.25, 0.3) is 0 Å². The molecule has 0 unspecified atom stereocenters. The van der Waals surface area contributed by atoms with Crippen LogP contribution in [-0.2, 0) is 0 Å². The molecule has 1 aliphatic rings. The molecule has 0 N–H and O–H groups in total. The molecule has 0 aromatic heterocycles. The van der Waals surface area contributed by atoms with Crippen LogP contribution in [-0.4, -0.2) is 54.2 Å². The van der Waals surface area contributed by atoms with Crippen LogP contribution < -0.4 is 0 Å². The third-order valence-corrected chi connectivity index (χ3v) is 5.16. The van der Waals surface area contributed by atoms with Gasteiger partial charge in [-0.3, -0.25) is 14.5 Å². The van der Waals surface area contributed by atoms with Crippen molar-refractivity contribution in [1.82, 2.24) is 9.80 Å². The molecule has 0 radical (unpaired) electrons. The highest BCUT2D eigenvalue weighted by Gasteiger charge is 2.23.